The number of fused-ring (bicyclic) bond motifs is 1. The fourth-order valence-corrected chi connectivity index (χ4v) is 3.83. The Kier molecular flexibility index (Phi) is 4.77. The van der Waals surface area contributed by atoms with Gasteiger partial charge in [-0.25, -0.2) is 9.97 Å². The number of ketones is 1. The topological polar surface area (TPSA) is 99.8 Å². The standard InChI is InChI=1S/C18H19N5O2S/c24-15(13-4-2-8-26-13)17-22-14-12(5-7-20-16(14)23-17)18(25)21-10-11-3-1-6-19-9-11/h2,4-5,7-8,11,19H,1,3,6,9-10H2,(H,21,25)(H,20,22,23). The minimum Gasteiger partial charge on any atom is -0.352 e. The molecule has 0 spiro atoms. The van der Waals surface area contributed by atoms with E-state index in [0.29, 0.717) is 34.1 Å². The number of H-pyrrole nitrogens is 1. The number of carbonyl (C=O) groups is 2. The summed E-state index contributed by atoms with van der Waals surface area (Å²) in [5, 5.41) is 8.17. The maximum atomic E-state index is 12.6. The van der Waals surface area contributed by atoms with Crippen LogP contribution in [0.4, 0.5) is 0 Å². The molecule has 1 unspecified atom stereocenters. The Bertz CT molecular complexity index is 928. The Labute approximate surface area is 154 Å². The van der Waals surface area contributed by atoms with Crippen LogP contribution in [0, 0.1) is 5.92 Å². The fraction of sp³-hybridized carbons (Fsp3) is 0.333. The molecule has 4 heterocycles. The van der Waals surface area contributed by atoms with Crippen LogP contribution in [0.3, 0.4) is 0 Å². The van der Waals surface area contributed by atoms with E-state index in [-0.39, 0.29) is 17.5 Å². The van der Waals surface area contributed by atoms with Crippen LogP contribution in [0.25, 0.3) is 11.2 Å². The zero-order valence-electron chi connectivity index (χ0n) is 14.1. The van der Waals surface area contributed by atoms with Crippen molar-refractivity contribution < 1.29 is 9.59 Å². The molecular weight excluding hydrogens is 350 g/mol. The SMILES string of the molecule is O=C(c1nc2nccc(C(=O)NCC3CCCNC3)c2[nH]1)c1cccs1. The van der Waals surface area contributed by atoms with Crippen LogP contribution in [-0.2, 0) is 0 Å². The van der Waals surface area contributed by atoms with Crippen molar-refractivity contribution >= 4 is 34.2 Å². The number of aromatic amines is 1. The molecule has 1 aliphatic heterocycles. The van der Waals surface area contributed by atoms with E-state index < -0.39 is 0 Å². The molecule has 1 atom stereocenters. The average Bonchev–Trinajstić information content (AvgIpc) is 3.35. The molecule has 4 rings (SSSR count). The highest BCUT2D eigenvalue weighted by atomic mass is 32.1. The van der Waals surface area contributed by atoms with Gasteiger partial charge in [0.15, 0.2) is 11.5 Å². The van der Waals surface area contributed by atoms with Crippen LogP contribution < -0.4 is 10.6 Å². The normalized spacial score (nSPS) is 17.3. The summed E-state index contributed by atoms with van der Waals surface area (Å²) in [5.41, 5.74) is 1.32. The van der Waals surface area contributed by atoms with E-state index in [1.165, 1.54) is 11.3 Å². The van der Waals surface area contributed by atoms with Gasteiger partial charge in [-0.3, -0.25) is 9.59 Å². The number of piperidine rings is 1. The zero-order chi connectivity index (χ0) is 17.9. The minimum absolute atomic E-state index is 0.179. The van der Waals surface area contributed by atoms with Crippen LogP contribution >= 0.6 is 11.3 Å². The van der Waals surface area contributed by atoms with Gasteiger partial charge < -0.3 is 15.6 Å². The third kappa shape index (κ3) is 3.38. The lowest BCUT2D eigenvalue weighted by atomic mass is 10.00. The molecule has 8 heteroatoms. The number of nitrogens with zero attached hydrogens (tertiary/aromatic N) is 2. The minimum atomic E-state index is -0.197. The summed E-state index contributed by atoms with van der Waals surface area (Å²) in [4.78, 5) is 37.1. The van der Waals surface area contributed by atoms with Gasteiger partial charge in [-0.2, -0.15) is 0 Å². The first-order valence-corrected chi connectivity index (χ1v) is 9.52. The van der Waals surface area contributed by atoms with Crippen molar-refractivity contribution in [3.8, 4) is 0 Å². The molecule has 0 aliphatic carbocycles. The maximum absolute atomic E-state index is 12.6. The van der Waals surface area contributed by atoms with E-state index in [0.717, 1.165) is 25.9 Å². The zero-order valence-corrected chi connectivity index (χ0v) is 14.9. The summed E-state index contributed by atoms with van der Waals surface area (Å²) in [5.74, 6) is 0.272. The van der Waals surface area contributed by atoms with Gasteiger partial charge in [-0.05, 0) is 49.4 Å². The molecule has 0 aromatic carbocycles. The van der Waals surface area contributed by atoms with Gasteiger partial charge in [-0.15, -0.1) is 11.3 Å². The number of hydrogen-bond donors (Lipinski definition) is 3. The van der Waals surface area contributed by atoms with Gasteiger partial charge in [-0.1, -0.05) is 6.07 Å². The molecule has 1 fully saturated rings. The molecular formula is C18H19N5O2S. The lowest BCUT2D eigenvalue weighted by Crippen LogP contribution is -2.38. The number of amides is 1. The van der Waals surface area contributed by atoms with Gasteiger partial charge in [0.05, 0.1) is 16.0 Å². The van der Waals surface area contributed by atoms with Crippen molar-refractivity contribution in [1.29, 1.82) is 0 Å². The molecule has 0 radical (unpaired) electrons. The molecule has 1 saturated heterocycles. The molecule has 7 nitrogen and oxygen atoms in total. The molecule has 3 aromatic heterocycles. The third-order valence-corrected chi connectivity index (χ3v) is 5.42. The highest BCUT2D eigenvalue weighted by Crippen LogP contribution is 2.18. The number of nitrogens with one attached hydrogen (secondary N) is 3. The predicted molar refractivity (Wildman–Crippen MR) is 99.6 cm³/mol. The first-order chi connectivity index (χ1) is 12.7. The highest BCUT2D eigenvalue weighted by molar-refractivity contribution is 7.12. The van der Waals surface area contributed by atoms with Crippen molar-refractivity contribution in [1.82, 2.24) is 25.6 Å². The number of pyridine rings is 1. The Morgan fingerprint density at radius 1 is 1.35 bits per heavy atom. The molecule has 0 saturated carbocycles. The smallest absolute Gasteiger partial charge is 0.253 e. The van der Waals surface area contributed by atoms with Crippen molar-refractivity contribution in [2.75, 3.05) is 19.6 Å². The highest BCUT2D eigenvalue weighted by Gasteiger charge is 2.20. The number of hydrogen-bond acceptors (Lipinski definition) is 6. The van der Waals surface area contributed by atoms with Crippen molar-refractivity contribution in [3.63, 3.8) is 0 Å². The molecule has 134 valence electrons. The summed E-state index contributed by atoms with van der Waals surface area (Å²) in [7, 11) is 0. The second kappa shape index (κ2) is 7.35. The van der Waals surface area contributed by atoms with E-state index in [9.17, 15) is 9.59 Å². The number of aromatic nitrogens is 3. The van der Waals surface area contributed by atoms with Crippen LogP contribution in [-0.4, -0.2) is 46.3 Å². The second-order valence-corrected chi connectivity index (χ2v) is 7.32. The lowest BCUT2D eigenvalue weighted by Gasteiger charge is -2.22. The summed E-state index contributed by atoms with van der Waals surface area (Å²) >= 11 is 1.36. The first kappa shape index (κ1) is 16.9. The van der Waals surface area contributed by atoms with Crippen LogP contribution in [0.2, 0.25) is 0 Å². The van der Waals surface area contributed by atoms with E-state index in [1.54, 1.807) is 18.3 Å². The van der Waals surface area contributed by atoms with Gasteiger partial charge in [0, 0.05) is 12.7 Å². The van der Waals surface area contributed by atoms with Crippen molar-refractivity contribution in [2.45, 2.75) is 12.8 Å². The Hall–Kier alpha value is -2.58. The average molecular weight is 369 g/mol. The van der Waals surface area contributed by atoms with Crippen LogP contribution in [0.1, 0.15) is 38.7 Å². The summed E-state index contributed by atoms with van der Waals surface area (Å²) in [6, 6.07) is 5.21. The van der Waals surface area contributed by atoms with E-state index in [1.807, 2.05) is 11.4 Å². The lowest BCUT2D eigenvalue weighted by molar-refractivity contribution is 0.0945. The second-order valence-electron chi connectivity index (χ2n) is 6.37. The monoisotopic (exact) mass is 369 g/mol. The molecule has 3 aromatic rings. The largest absolute Gasteiger partial charge is 0.352 e. The van der Waals surface area contributed by atoms with Gasteiger partial charge in [0.25, 0.3) is 5.91 Å². The molecule has 3 N–H and O–H groups in total. The van der Waals surface area contributed by atoms with E-state index >= 15 is 0 Å². The van der Waals surface area contributed by atoms with Crippen LogP contribution in [0.15, 0.2) is 29.8 Å². The van der Waals surface area contributed by atoms with Gasteiger partial charge >= 0.3 is 0 Å². The summed E-state index contributed by atoms with van der Waals surface area (Å²) in [6.45, 7) is 2.60. The van der Waals surface area contributed by atoms with Crippen molar-refractivity contribution in [3.05, 3.63) is 46.0 Å². The van der Waals surface area contributed by atoms with Gasteiger partial charge in [0.2, 0.25) is 5.78 Å². The summed E-state index contributed by atoms with van der Waals surface area (Å²) < 4.78 is 0. The van der Waals surface area contributed by atoms with E-state index in [2.05, 4.69) is 25.6 Å². The first-order valence-electron chi connectivity index (χ1n) is 8.64. The maximum Gasteiger partial charge on any atom is 0.253 e. The number of carbonyl (C=O) groups excluding carboxylic acids is 2. The molecule has 0 bridgehead atoms. The molecule has 1 amide bonds. The summed E-state index contributed by atoms with van der Waals surface area (Å²) in [6.07, 6.45) is 3.79. The van der Waals surface area contributed by atoms with E-state index in [4.69, 9.17) is 0 Å². The fourth-order valence-electron chi connectivity index (χ4n) is 3.16. The Balaban J connectivity index is 1.55. The number of thiophene rings is 1. The Morgan fingerprint density at radius 2 is 2.27 bits per heavy atom. The van der Waals surface area contributed by atoms with Gasteiger partial charge in [0.1, 0.15) is 0 Å². The molecule has 26 heavy (non-hydrogen) atoms. The van der Waals surface area contributed by atoms with Crippen LogP contribution in [0.5, 0.6) is 0 Å². The quantitative estimate of drug-likeness (QED) is 0.597. The predicted octanol–water partition coefficient (Wildman–Crippen LogP) is 1.98. The Morgan fingerprint density at radius 3 is 3.04 bits per heavy atom. The molecule has 1 aliphatic rings. The number of imidazole rings is 1. The van der Waals surface area contributed by atoms with Crippen molar-refractivity contribution in [2.24, 2.45) is 5.92 Å². The number of rotatable bonds is 5. The third-order valence-electron chi connectivity index (χ3n) is 4.55.